The van der Waals surface area contributed by atoms with E-state index in [1.807, 2.05) is 23.5 Å². The maximum atomic E-state index is 5.61. The molecular formula is C16H34O2S3. The summed E-state index contributed by atoms with van der Waals surface area (Å²) in [7, 11) is 0. The van der Waals surface area contributed by atoms with Crippen LogP contribution >= 0.6 is 35.3 Å². The Balaban J connectivity index is 3.28. The molecule has 0 aromatic rings. The molecule has 0 bridgehead atoms. The molecule has 0 amide bonds. The summed E-state index contributed by atoms with van der Waals surface area (Å²) in [6.45, 7) is 16.7. The Morgan fingerprint density at radius 1 is 0.619 bits per heavy atom. The monoisotopic (exact) mass is 354 g/mol. The summed E-state index contributed by atoms with van der Waals surface area (Å²) < 4.78 is 11.2. The molecule has 0 aromatic carbocycles. The largest absolute Gasteiger partial charge is 0.378 e. The minimum absolute atomic E-state index is 0.685. The first kappa shape index (κ1) is 22.0. The second-order valence-corrected chi connectivity index (χ2v) is 10.7. The minimum atomic E-state index is 0.685. The van der Waals surface area contributed by atoms with Crippen LogP contribution in [0.5, 0.6) is 0 Å². The zero-order valence-electron chi connectivity index (χ0n) is 14.6. The highest BCUT2D eigenvalue weighted by atomic mass is 32.2. The first-order chi connectivity index (χ1) is 9.93. The SMILES string of the molecule is CC(C)SCCOCCOCCSC(C)C(C)SC(C)C. The molecule has 0 N–H and O–H groups in total. The van der Waals surface area contributed by atoms with Crippen molar-refractivity contribution >= 4 is 35.3 Å². The maximum absolute atomic E-state index is 5.61. The highest BCUT2D eigenvalue weighted by molar-refractivity contribution is 8.04. The van der Waals surface area contributed by atoms with Crippen LogP contribution in [-0.4, -0.2) is 58.9 Å². The van der Waals surface area contributed by atoms with Gasteiger partial charge in [-0.3, -0.25) is 0 Å². The Bertz CT molecular complexity index is 226. The fourth-order valence-electron chi connectivity index (χ4n) is 1.63. The van der Waals surface area contributed by atoms with Crippen molar-refractivity contribution in [2.45, 2.75) is 62.5 Å². The van der Waals surface area contributed by atoms with Crippen LogP contribution in [0, 0.1) is 0 Å². The van der Waals surface area contributed by atoms with Crippen molar-refractivity contribution < 1.29 is 9.47 Å². The number of thioether (sulfide) groups is 3. The van der Waals surface area contributed by atoms with Gasteiger partial charge in [0.15, 0.2) is 0 Å². The third kappa shape index (κ3) is 15.6. The average Bonchev–Trinajstić information content (AvgIpc) is 2.39. The summed E-state index contributed by atoms with van der Waals surface area (Å²) in [4.78, 5) is 0. The van der Waals surface area contributed by atoms with E-state index in [1.165, 1.54) is 0 Å². The third-order valence-corrected chi connectivity index (χ3v) is 6.77. The molecule has 0 aliphatic carbocycles. The van der Waals surface area contributed by atoms with E-state index in [0.29, 0.717) is 21.0 Å². The van der Waals surface area contributed by atoms with Gasteiger partial charge in [0.1, 0.15) is 0 Å². The Morgan fingerprint density at radius 3 is 1.62 bits per heavy atom. The lowest BCUT2D eigenvalue weighted by Gasteiger charge is -2.20. The van der Waals surface area contributed by atoms with Gasteiger partial charge in [-0.15, -0.1) is 0 Å². The van der Waals surface area contributed by atoms with Crippen LogP contribution in [0.3, 0.4) is 0 Å². The van der Waals surface area contributed by atoms with Crippen molar-refractivity contribution in [1.82, 2.24) is 0 Å². The molecule has 2 unspecified atom stereocenters. The van der Waals surface area contributed by atoms with Crippen LogP contribution in [0.4, 0.5) is 0 Å². The lowest BCUT2D eigenvalue weighted by molar-refractivity contribution is 0.0604. The maximum Gasteiger partial charge on any atom is 0.0700 e. The Hall–Kier alpha value is 0.970. The quantitative estimate of drug-likeness (QED) is 0.415. The van der Waals surface area contributed by atoms with Crippen molar-refractivity contribution in [2.75, 3.05) is 37.9 Å². The van der Waals surface area contributed by atoms with Gasteiger partial charge in [0, 0.05) is 22.0 Å². The van der Waals surface area contributed by atoms with Gasteiger partial charge in [0.25, 0.3) is 0 Å². The lowest BCUT2D eigenvalue weighted by Crippen LogP contribution is -2.16. The molecule has 0 saturated heterocycles. The van der Waals surface area contributed by atoms with Crippen molar-refractivity contribution in [1.29, 1.82) is 0 Å². The van der Waals surface area contributed by atoms with E-state index in [4.69, 9.17) is 9.47 Å². The molecule has 0 aliphatic heterocycles. The van der Waals surface area contributed by atoms with Gasteiger partial charge in [0.05, 0.1) is 26.4 Å². The standard InChI is InChI=1S/C16H34O2S3/c1-13(2)19-11-9-17-7-8-18-10-12-20-15(5)16(6)21-14(3)4/h13-16H,7-12H2,1-6H3. The highest BCUT2D eigenvalue weighted by Gasteiger charge is 2.14. The first-order valence-corrected chi connectivity index (χ1v) is 11.0. The highest BCUT2D eigenvalue weighted by Crippen LogP contribution is 2.26. The smallest absolute Gasteiger partial charge is 0.0700 e. The van der Waals surface area contributed by atoms with E-state index in [2.05, 4.69) is 53.3 Å². The van der Waals surface area contributed by atoms with E-state index in [0.717, 1.165) is 37.9 Å². The Kier molecular flexibility index (Phi) is 15.2. The summed E-state index contributed by atoms with van der Waals surface area (Å²) in [5.74, 6) is 2.16. The van der Waals surface area contributed by atoms with E-state index in [1.54, 1.807) is 0 Å². The number of rotatable bonds is 14. The van der Waals surface area contributed by atoms with Crippen molar-refractivity contribution in [3.05, 3.63) is 0 Å². The molecule has 0 saturated carbocycles. The topological polar surface area (TPSA) is 18.5 Å². The van der Waals surface area contributed by atoms with Crippen molar-refractivity contribution in [2.24, 2.45) is 0 Å². The Morgan fingerprint density at radius 2 is 1.14 bits per heavy atom. The van der Waals surface area contributed by atoms with Gasteiger partial charge in [-0.1, -0.05) is 41.5 Å². The van der Waals surface area contributed by atoms with Gasteiger partial charge in [-0.05, 0) is 10.5 Å². The molecule has 21 heavy (non-hydrogen) atoms. The predicted octanol–water partition coefficient (Wildman–Crippen LogP) is 4.81. The van der Waals surface area contributed by atoms with E-state index >= 15 is 0 Å². The fraction of sp³-hybridized carbons (Fsp3) is 1.00. The summed E-state index contributed by atoms with van der Waals surface area (Å²) in [5.41, 5.74) is 0. The normalized spacial score (nSPS) is 14.9. The van der Waals surface area contributed by atoms with Crippen LogP contribution < -0.4 is 0 Å². The van der Waals surface area contributed by atoms with Crippen LogP contribution in [0.2, 0.25) is 0 Å². The average molecular weight is 355 g/mol. The number of ether oxygens (including phenoxy) is 2. The minimum Gasteiger partial charge on any atom is -0.378 e. The molecule has 0 spiro atoms. The van der Waals surface area contributed by atoms with E-state index < -0.39 is 0 Å². The first-order valence-electron chi connectivity index (χ1n) is 7.97. The van der Waals surface area contributed by atoms with Crippen LogP contribution in [0.15, 0.2) is 0 Å². The zero-order valence-corrected chi connectivity index (χ0v) is 17.0. The van der Waals surface area contributed by atoms with Crippen LogP contribution in [0.25, 0.3) is 0 Å². The summed E-state index contributed by atoms with van der Waals surface area (Å²) in [5, 5.41) is 2.80. The lowest BCUT2D eigenvalue weighted by atomic mass is 10.4. The van der Waals surface area contributed by atoms with Gasteiger partial charge in [-0.25, -0.2) is 0 Å². The molecule has 5 heteroatoms. The van der Waals surface area contributed by atoms with Gasteiger partial charge < -0.3 is 9.47 Å². The van der Waals surface area contributed by atoms with Gasteiger partial charge in [-0.2, -0.15) is 35.3 Å². The number of hydrogen-bond donors (Lipinski definition) is 0. The second kappa shape index (κ2) is 14.6. The van der Waals surface area contributed by atoms with Gasteiger partial charge >= 0.3 is 0 Å². The van der Waals surface area contributed by atoms with Crippen LogP contribution in [0.1, 0.15) is 41.5 Å². The molecule has 128 valence electrons. The molecule has 2 nitrogen and oxygen atoms in total. The molecule has 0 radical (unpaired) electrons. The van der Waals surface area contributed by atoms with E-state index in [9.17, 15) is 0 Å². The molecule has 2 atom stereocenters. The molecule has 0 aromatic heterocycles. The fourth-order valence-corrected chi connectivity index (χ4v) is 4.68. The van der Waals surface area contributed by atoms with Gasteiger partial charge in [0.2, 0.25) is 0 Å². The molecule has 0 aliphatic rings. The summed E-state index contributed by atoms with van der Waals surface area (Å²) >= 11 is 6.01. The number of hydrogen-bond acceptors (Lipinski definition) is 5. The predicted molar refractivity (Wildman–Crippen MR) is 103 cm³/mol. The zero-order chi connectivity index (χ0) is 16.1. The summed E-state index contributed by atoms with van der Waals surface area (Å²) in [6, 6.07) is 0. The van der Waals surface area contributed by atoms with Crippen LogP contribution in [-0.2, 0) is 9.47 Å². The molecule has 0 rings (SSSR count). The Labute approximate surface area is 145 Å². The van der Waals surface area contributed by atoms with Crippen molar-refractivity contribution in [3.8, 4) is 0 Å². The summed E-state index contributed by atoms with van der Waals surface area (Å²) in [6.07, 6.45) is 0. The van der Waals surface area contributed by atoms with E-state index in [-0.39, 0.29) is 0 Å². The molecular weight excluding hydrogens is 320 g/mol. The second-order valence-electron chi connectivity index (χ2n) is 5.61. The molecule has 0 fully saturated rings. The molecule has 0 heterocycles. The van der Waals surface area contributed by atoms with Crippen molar-refractivity contribution in [3.63, 3.8) is 0 Å². The third-order valence-electron chi connectivity index (χ3n) is 2.81.